The van der Waals surface area contributed by atoms with Crippen molar-refractivity contribution in [3.63, 3.8) is 0 Å². The fourth-order valence-corrected chi connectivity index (χ4v) is 4.70. The van der Waals surface area contributed by atoms with Crippen molar-refractivity contribution >= 4 is 55.5 Å². The molecule has 0 radical (unpaired) electrons. The second-order valence-corrected chi connectivity index (χ2v) is 9.18. The highest BCUT2D eigenvalue weighted by Gasteiger charge is 2.19. The van der Waals surface area contributed by atoms with Crippen LogP contribution in [0, 0.1) is 0 Å². The van der Waals surface area contributed by atoms with Crippen LogP contribution in [0.5, 0.6) is 0 Å². The highest BCUT2D eigenvalue weighted by molar-refractivity contribution is 7.84. The molecule has 0 saturated carbocycles. The molecule has 4 rings (SSSR count). The van der Waals surface area contributed by atoms with Gasteiger partial charge in [0.25, 0.3) is 5.91 Å². The number of amides is 1. The fourth-order valence-electron chi connectivity index (χ4n) is 3.04. The minimum absolute atomic E-state index is 0.00200. The van der Waals surface area contributed by atoms with E-state index in [2.05, 4.69) is 15.6 Å². The van der Waals surface area contributed by atoms with Crippen LogP contribution in [0.2, 0.25) is 0 Å². The number of nitrogens with one attached hydrogen (secondary N) is 2. The molecule has 0 aliphatic carbocycles. The van der Waals surface area contributed by atoms with E-state index in [1.54, 1.807) is 25.3 Å². The number of thiophene rings is 1. The van der Waals surface area contributed by atoms with Crippen LogP contribution in [0.4, 0.5) is 11.4 Å². The maximum Gasteiger partial charge on any atom is 0.263 e. The predicted molar refractivity (Wildman–Crippen MR) is 117 cm³/mol. The molecule has 3 aromatic rings. The van der Waals surface area contributed by atoms with Gasteiger partial charge in [-0.25, -0.2) is 4.99 Å². The first-order chi connectivity index (χ1) is 13.4. The molecule has 0 saturated heterocycles. The van der Waals surface area contributed by atoms with Crippen LogP contribution in [-0.2, 0) is 17.3 Å². The van der Waals surface area contributed by atoms with Crippen molar-refractivity contribution in [1.82, 2.24) is 4.90 Å². The summed E-state index contributed by atoms with van der Waals surface area (Å²) in [6, 6.07) is 13.5. The number of rotatable bonds is 3. The summed E-state index contributed by atoms with van der Waals surface area (Å²) in [5.74, 6) is 0.632. The minimum atomic E-state index is -1.04. The predicted octanol–water partition coefficient (Wildman–Crippen LogP) is 3.73. The molecule has 2 N–H and O–H groups in total. The van der Waals surface area contributed by atoms with Gasteiger partial charge in [-0.1, -0.05) is 12.1 Å². The molecule has 1 unspecified atom stereocenters. The Morgan fingerprint density at radius 2 is 2.07 bits per heavy atom. The molecule has 0 spiro atoms. The lowest BCUT2D eigenvalue weighted by molar-refractivity contribution is 0.0832. The lowest BCUT2D eigenvalue weighted by Gasteiger charge is -2.20. The first kappa shape index (κ1) is 18.6. The van der Waals surface area contributed by atoms with Gasteiger partial charge < -0.3 is 15.5 Å². The molecule has 8 heteroatoms. The molecule has 6 nitrogen and oxygen atoms in total. The molecule has 1 aliphatic heterocycles. The molecule has 144 valence electrons. The van der Waals surface area contributed by atoms with Crippen molar-refractivity contribution in [2.45, 2.75) is 11.4 Å². The number of hydrogen-bond acceptors (Lipinski definition) is 6. The van der Waals surface area contributed by atoms with Gasteiger partial charge >= 0.3 is 0 Å². The Hall–Kier alpha value is -2.71. The van der Waals surface area contributed by atoms with Gasteiger partial charge in [0.2, 0.25) is 5.96 Å². The van der Waals surface area contributed by atoms with Crippen LogP contribution in [0.3, 0.4) is 0 Å². The van der Waals surface area contributed by atoms with Crippen LogP contribution in [0.15, 0.2) is 52.4 Å². The van der Waals surface area contributed by atoms with E-state index in [9.17, 15) is 9.00 Å². The summed E-state index contributed by atoms with van der Waals surface area (Å²) in [7, 11) is 2.47. The molecule has 0 bridgehead atoms. The largest absolute Gasteiger partial charge is 0.344 e. The quantitative estimate of drug-likeness (QED) is 0.687. The van der Waals surface area contributed by atoms with E-state index in [1.807, 2.05) is 42.5 Å². The first-order valence-electron chi connectivity index (χ1n) is 8.71. The Bertz CT molecular complexity index is 1130. The molecule has 1 aromatic heterocycles. The number of hydrogen-bond donors (Lipinski definition) is 2. The number of anilines is 2. The van der Waals surface area contributed by atoms with E-state index in [0.29, 0.717) is 17.4 Å². The molecule has 1 atom stereocenters. The van der Waals surface area contributed by atoms with Crippen LogP contribution in [-0.4, -0.2) is 41.3 Å². The number of carbonyl (C=O) groups is 1. The van der Waals surface area contributed by atoms with Crippen molar-refractivity contribution in [3.05, 3.63) is 52.9 Å². The molecule has 2 heterocycles. The summed E-state index contributed by atoms with van der Waals surface area (Å²) in [4.78, 5) is 20.0. The van der Waals surface area contributed by atoms with Gasteiger partial charge in [0, 0.05) is 51.8 Å². The lowest BCUT2D eigenvalue weighted by Crippen LogP contribution is -2.26. The van der Waals surface area contributed by atoms with Crippen LogP contribution in [0.25, 0.3) is 10.1 Å². The third-order valence-electron chi connectivity index (χ3n) is 4.48. The summed E-state index contributed by atoms with van der Waals surface area (Å²) in [5.41, 5.74) is 2.88. The van der Waals surface area contributed by atoms with Gasteiger partial charge in [-0.2, -0.15) is 0 Å². The monoisotopic (exact) mass is 412 g/mol. The van der Waals surface area contributed by atoms with E-state index in [0.717, 1.165) is 31.9 Å². The van der Waals surface area contributed by atoms with Gasteiger partial charge in [0.05, 0.1) is 17.1 Å². The zero-order valence-electron chi connectivity index (χ0n) is 15.8. The van der Waals surface area contributed by atoms with Gasteiger partial charge in [0.15, 0.2) is 0 Å². The van der Waals surface area contributed by atoms with E-state index in [1.165, 1.54) is 11.3 Å². The zero-order valence-corrected chi connectivity index (χ0v) is 17.4. The molecule has 1 amide bonds. The number of fused-ring (bicyclic) bond motifs is 3. The van der Waals surface area contributed by atoms with E-state index >= 15 is 0 Å². The van der Waals surface area contributed by atoms with Crippen LogP contribution in [0.1, 0.15) is 15.2 Å². The standard InChI is InChI=1S/C20H20N4O2S2/c1-24(2)19(25)17-10-15-16(27-17)8-7-12-11-21-20(23-18(12)15)22-13-5-4-6-14(9-13)28(3)26/h4-10H,11H2,1-3H3,(H2,21,22,23). The van der Waals surface area contributed by atoms with Gasteiger partial charge in [-0.05, 0) is 35.9 Å². The fraction of sp³-hybridized carbons (Fsp3) is 0.200. The summed E-state index contributed by atoms with van der Waals surface area (Å²) in [6.07, 6.45) is 1.66. The van der Waals surface area contributed by atoms with Crippen LogP contribution >= 0.6 is 11.3 Å². The van der Waals surface area contributed by atoms with Gasteiger partial charge in [-0.15, -0.1) is 11.3 Å². The molecule has 2 aromatic carbocycles. The van der Waals surface area contributed by atoms with Crippen molar-refractivity contribution in [2.24, 2.45) is 4.99 Å². The normalized spacial score (nSPS) is 14.0. The average molecular weight is 413 g/mol. The first-order valence-corrected chi connectivity index (χ1v) is 11.1. The molecule has 28 heavy (non-hydrogen) atoms. The number of aliphatic imine (C=N–C) groups is 1. The Balaban J connectivity index is 1.64. The minimum Gasteiger partial charge on any atom is -0.344 e. The molecular formula is C20H20N4O2S2. The summed E-state index contributed by atoms with van der Waals surface area (Å²) < 4.78 is 12.8. The Labute approximate surface area is 169 Å². The van der Waals surface area contributed by atoms with Crippen molar-refractivity contribution in [2.75, 3.05) is 31.0 Å². The van der Waals surface area contributed by atoms with Crippen molar-refractivity contribution in [3.8, 4) is 0 Å². The average Bonchev–Trinajstić information content (AvgIpc) is 3.12. The van der Waals surface area contributed by atoms with E-state index in [-0.39, 0.29) is 5.91 Å². The van der Waals surface area contributed by atoms with E-state index < -0.39 is 10.8 Å². The maximum atomic E-state index is 12.3. The smallest absolute Gasteiger partial charge is 0.263 e. The van der Waals surface area contributed by atoms with Gasteiger partial charge in [0.1, 0.15) is 0 Å². The summed E-state index contributed by atoms with van der Waals surface area (Å²) >= 11 is 1.49. The number of benzene rings is 2. The molecular weight excluding hydrogens is 392 g/mol. The molecule has 1 aliphatic rings. The maximum absolute atomic E-state index is 12.3. The molecule has 0 fully saturated rings. The second-order valence-electron chi connectivity index (χ2n) is 6.72. The van der Waals surface area contributed by atoms with Gasteiger partial charge in [-0.3, -0.25) is 9.00 Å². The second kappa shape index (κ2) is 7.37. The SMILES string of the molecule is CN(C)C(=O)c1cc2c3c(ccc2s1)CN=C(Nc1cccc(S(C)=O)c1)N3. The Morgan fingerprint density at radius 3 is 2.82 bits per heavy atom. The van der Waals surface area contributed by atoms with E-state index in [4.69, 9.17) is 0 Å². The Morgan fingerprint density at radius 1 is 1.25 bits per heavy atom. The number of guanidine groups is 1. The van der Waals surface area contributed by atoms with Crippen LogP contribution < -0.4 is 10.6 Å². The summed E-state index contributed by atoms with van der Waals surface area (Å²) in [5, 5.41) is 7.64. The number of nitrogens with zero attached hydrogens (tertiary/aromatic N) is 2. The highest BCUT2D eigenvalue weighted by atomic mass is 32.2. The Kier molecular flexibility index (Phi) is 4.91. The third kappa shape index (κ3) is 3.53. The summed E-state index contributed by atoms with van der Waals surface area (Å²) in [6.45, 7) is 0.548. The lowest BCUT2D eigenvalue weighted by atomic mass is 10.1. The van der Waals surface area contributed by atoms with Crippen molar-refractivity contribution in [1.29, 1.82) is 0 Å². The third-order valence-corrected chi connectivity index (χ3v) is 6.49. The highest BCUT2D eigenvalue weighted by Crippen LogP contribution is 2.36. The zero-order chi connectivity index (χ0) is 19.8. The number of carbonyl (C=O) groups excluding carboxylic acids is 1. The topological polar surface area (TPSA) is 73.8 Å². The van der Waals surface area contributed by atoms with Crippen molar-refractivity contribution < 1.29 is 9.00 Å².